The van der Waals surface area contributed by atoms with E-state index < -0.39 is 0 Å². The summed E-state index contributed by atoms with van der Waals surface area (Å²) in [6.45, 7) is 6.56. The van der Waals surface area contributed by atoms with Crippen molar-refractivity contribution in [2.24, 2.45) is 0 Å². The van der Waals surface area contributed by atoms with Crippen LogP contribution in [0.1, 0.15) is 32.3 Å². The van der Waals surface area contributed by atoms with E-state index in [2.05, 4.69) is 77.8 Å². The highest BCUT2D eigenvalue weighted by Crippen LogP contribution is 2.15. The monoisotopic (exact) mass is 357 g/mol. The zero-order valence-electron chi connectivity index (χ0n) is 11.5. The second-order valence-electron chi connectivity index (χ2n) is 4.33. The van der Waals surface area contributed by atoms with Gasteiger partial charge in [0.15, 0.2) is 0 Å². The number of aryl methyl sites for hydroxylation is 1. The predicted octanol–water partition coefficient (Wildman–Crippen LogP) is 4.85. The van der Waals surface area contributed by atoms with Gasteiger partial charge in [0.05, 0.1) is 0 Å². The molecule has 0 fully saturated rings. The highest BCUT2D eigenvalue weighted by atomic mass is 127. The van der Waals surface area contributed by atoms with Crippen LogP contribution in [-0.2, 0) is 6.42 Å². The quantitative estimate of drug-likeness (QED) is 0.365. The van der Waals surface area contributed by atoms with Crippen molar-refractivity contribution in [2.75, 3.05) is 22.4 Å². The average Bonchev–Trinajstić information content (AvgIpc) is 2.41. The lowest BCUT2D eigenvalue weighted by molar-refractivity contribution is 0.865. The normalized spacial score (nSPS) is 11.1. The minimum Gasteiger partial charge on any atom is -0.372 e. The lowest BCUT2D eigenvalue weighted by Crippen LogP contribution is -2.21. The number of nitrogens with zero attached hydrogens (tertiary/aromatic N) is 1. The van der Waals surface area contributed by atoms with Crippen molar-refractivity contribution < 1.29 is 0 Å². The van der Waals surface area contributed by atoms with Crippen LogP contribution in [0.15, 0.2) is 36.4 Å². The third-order valence-corrected chi connectivity index (χ3v) is 3.73. The molecule has 0 aliphatic rings. The topological polar surface area (TPSA) is 3.24 Å². The summed E-state index contributed by atoms with van der Waals surface area (Å²) in [5, 5.41) is 0. The van der Waals surface area contributed by atoms with Gasteiger partial charge in [0, 0.05) is 23.2 Å². The molecule has 0 amide bonds. The van der Waals surface area contributed by atoms with Crippen molar-refractivity contribution in [3.63, 3.8) is 0 Å². The van der Waals surface area contributed by atoms with Crippen LogP contribution in [0, 0.1) is 0 Å². The number of benzene rings is 1. The Morgan fingerprint density at radius 1 is 1.00 bits per heavy atom. The second kappa shape index (κ2) is 9.42. The molecule has 1 aromatic rings. The highest BCUT2D eigenvalue weighted by Gasteiger charge is 2.00. The third kappa shape index (κ3) is 5.42. The third-order valence-electron chi connectivity index (χ3n) is 3.11. The van der Waals surface area contributed by atoms with Gasteiger partial charge in [0.1, 0.15) is 0 Å². The van der Waals surface area contributed by atoms with Crippen molar-refractivity contribution in [2.45, 2.75) is 33.1 Å². The van der Waals surface area contributed by atoms with E-state index in [9.17, 15) is 0 Å². The number of halogens is 1. The van der Waals surface area contributed by atoms with Crippen LogP contribution in [0.25, 0.3) is 0 Å². The van der Waals surface area contributed by atoms with Gasteiger partial charge in [0.2, 0.25) is 0 Å². The summed E-state index contributed by atoms with van der Waals surface area (Å²) >= 11 is 2.41. The van der Waals surface area contributed by atoms with E-state index in [0.29, 0.717) is 0 Å². The lowest BCUT2D eigenvalue weighted by atomic mass is 10.1. The molecule has 0 saturated carbocycles. The van der Waals surface area contributed by atoms with Gasteiger partial charge in [-0.25, -0.2) is 0 Å². The molecular formula is C16H24IN. The van der Waals surface area contributed by atoms with Crippen molar-refractivity contribution in [1.82, 2.24) is 0 Å². The fourth-order valence-electron chi connectivity index (χ4n) is 2.01. The van der Waals surface area contributed by atoms with Gasteiger partial charge in [-0.1, -0.05) is 46.9 Å². The molecule has 0 unspecified atom stereocenters. The van der Waals surface area contributed by atoms with Gasteiger partial charge in [0.25, 0.3) is 0 Å². The Morgan fingerprint density at radius 2 is 1.61 bits per heavy atom. The van der Waals surface area contributed by atoms with Gasteiger partial charge in [-0.15, -0.1) is 0 Å². The first-order valence-corrected chi connectivity index (χ1v) is 8.39. The number of rotatable bonds is 8. The Labute approximate surface area is 125 Å². The van der Waals surface area contributed by atoms with Crippen LogP contribution in [0.5, 0.6) is 0 Å². The first-order chi connectivity index (χ1) is 8.81. The Morgan fingerprint density at radius 3 is 2.17 bits per heavy atom. The molecule has 1 rings (SSSR count). The van der Waals surface area contributed by atoms with Gasteiger partial charge >= 0.3 is 0 Å². The largest absolute Gasteiger partial charge is 0.372 e. The van der Waals surface area contributed by atoms with E-state index in [1.54, 1.807) is 0 Å². The van der Waals surface area contributed by atoms with E-state index in [-0.39, 0.29) is 0 Å². The molecule has 0 bridgehead atoms. The molecule has 0 aromatic heterocycles. The first-order valence-electron chi connectivity index (χ1n) is 6.86. The number of alkyl halides is 1. The smallest absolute Gasteiger partial charge is 0.0366 e. The van der Waals surface area contributed by atoms with Gasteiger partial charge in [-0.3, -0.25) is 0 Å². The van der Waals surface area contributed by atoms with Crippen molar-refractivity contribution in [3.05, 3.63) is 42.0 Å². The zero-order chi connectivity index (χ0) is 13.2. The average molecular weight is 357 g/mol. The zero-order valence-corrected chi connectivity index (χ0v) is 13.7. The Hall–Kier alpha value is -0.510. The van der Waals surface area contributed by atoms with E-state index in [0.717, 1.165) is 25.9 Å². The first kappa shape index (κ1) is 15.5. The predicted molar refractivity (Wildman–Crippen MR) is 91.0 cm³/mol. The molecule has 18 heavy (non-hydrogen) atoms. The summed E-state index contributed by atoms with van der Waals surface area (Å²) in [7, 11) is 0. The Bertz CT molecular complexity index is 339. The van der Waals surface area contributed by atoms with Crippen molar-refractivity contribution >= 4 is 28.3 Å². The maximum Gasteiger partial charge on any atom is 0.0366 e. The fraction of sp³-hybridized carbons (Fsp3) is 0.500. The molecule has 1 aromatic carbocycles. The Balaban J connectivity index is 2.45. The summed E-state index contributed by atoms with van der Waals surface area (Å²) in [5.74, 6) is 0. The summed E-state index contributed by atoms with van der Waals surface area (Å²) in [6.07, 6.45) is 8.09. The molecule has 0 N–H and O–H groups in total. The minimum absolute atomic E-state index is 1.08. The molecule has 0 heterocycles. The molecule has 0 radical (unpaired) electrons. The molecule has 2 heteroatoms. The van der Waals surface area contributed by atoms with Gasteiger partial charge < -0.3 is 4.90 Å². The number of allylic oxidation sites excluding steroid dienone is 2. The van der Waals surface area contributed by atoms with Crippen LogP contribution in [0.4, 0.5) is 5.69 Å². The summed E-state index contributed by atoms with van der Waals surface area (Å²) in [6, 6.07) is 9.02. The van der Waals surface area contributed by atoms with E-state index in [4.69, 9.17) is 0 Å². The SMILES string of the molecule is CCN(CC)c1ccc(CCC=CCCI)cc1. The molecule has 1 nitrogen and oxygen atoms in total. The van der Waals surface area contributed by atoms with Gasteiger partial charge in [-0.05, 0) is 50.8 Å². The molecule has 100 valence electrons. The van der Waals surface area contributed by atoms with E-state index in [1.165, 1.54) is 22.1 Å². The molecule has 0 spiro atoms. The number of hydrogen-bond acceptors (Lipinski definition) is 1. The molecule has 0 saturated heterocycles. The Kier molecular flexibility index (Phi) is 8.14. The second-order valence-corrected chi connectivity index (χ2v) is 5.41. The lowest BCUT2D eigenvalue weighted by Gasteiger charge is -2.21. The summed E-state index contributed by atoms with van der Waals surface area (Å²) in [4.78, 5) is 2.38. The molecular weight excluding hydrogens is 333 g/mol. The highest BCUT2D eigenvalue weighted by molar-refractivity contribution is 14.1. The van der Waals surface area contributed by atoms with Crippen LogP contribution in [0.3, 0.4) is 0 Å². The van der Waals surface area contributed by atoms with Crippen LogP contribution < -0.4 is 4.90 Å². The molecule has 0 aliphatic carbocycles. The van der Waals surface area contributed by atoms with E-state index >= 15 is 0 Å². The maximum atomic E-state index is 2.41. The van der Waals surface area contributed by atoms with E-state index in [1.807, 2.05) is 0 Å². The van der Waals surface area contributed by atoms with Crippen LogP contribution in [0.2, 0.25) is 0 Å². The van der Waals surface area contributed by atoms with Crippen LogP contribution >= 0.6 is 22.6 Å². The van der Waals surface area contributed by atoms with Crippen molar-refractivity contribution in [3.8, 4) is 0 Å². The fourth-order valence-corrected chi connectivity index (χ4v) is 2.37. The maximum absolute atomic E-state index is 2.41. The number of anilines is 1. The van der Waals surface area contributed by atoms with Crippen molar-refractivity contribution in [1.29, 1.82) is 0 Å². The standard InChI is InChI=1S/C16H24IN/c1-3-18(4-2)16-12-10-15(11-13-16)9-7-5-6-8-14-17/h5-6,10-13H,3-4,7-9,14H2,1-2H3. The minimum atomic E-state index is 1.08. The summed E-state index contributed by atoms with van der Waals surface area (Å²) < 4.78 is 1.22. The number of hydrogen-bond donors (Lipinski definition) is 0. The molecule has 0 atom stereocenters. The van der Waals surface area contributed by atoms with Crippen LogP contribution in [-0.4, -0.2) is 17.5 Å². The van der Waals surface area contributed by atoms with Gasteiger partial charge in [-0.2, -0.15) is 0 Å². The molecule has 0 aliphatic heterocycles. The summed E-state index contributed by atoms with van der Waals surface area (Å²) in [5.41, 5.74) is 2.77.